The number of amides is 2. The Bertz CT molecular complexity index is 921. The lowest BCUT2D eigenvalue weighted by Gasteiger charge is -2.33. The molecule has 0 aliphatic carbocycles. The van der Waals surface area contributed by atoms with E-state index in [0.29, 0.717) is 34.8 Å². The van der Waals surface area contributed by atoms with E-state index in [1.54, 1.807) is 11.8 Å². The minimum absolute atomic E-state index is 0.114. The molecule has 1 unspecified atom stereocenters. The highest BCUT2D eigenvalue weighted by molar-refractivity contribution is 6.37. The largest absolute Gasteiger partial charge is 0.481 e. The number of rotatable bonds is 4. The van der Waals surface area contributed by atoms with Crippen LogP contribution in [0.5, 0.6) is 0 Å². The molecule has 2 aliphatic heterocycles. The first-order valence-corrected chi connectivity index (χ1v) is 9.22. The third-order valence-electron chi connectivity index (χ3n) is 4.84. The van der Waals surface area contributed by atoms with Crippen LogP contribution in [0.15, 0.2) is 22.7 Å². The smallest absolute Gasteiger partial charge is 0.307 e. The Morgan fingerprint density at radius 3 is 2.67 bits per heavy atom. The molecule has 1 N–H and O–H groups in total. The van der Waals surface area contributed by atoms with Gasteiger partial charge >= 0.3 is 5.97 Å². The highest BCUT2D eigenvalue weighted by atomic mass is 35.5. The lowest BCUT2D eigenvalue weighted by atomic mass is 9.91. The van der Waals surface area contributed by atoms with Crippen LogP contribution in [-0.2, 0) is 22.4 Å². The molecule has 2 amide bonds. The summed E-state index contributed by atoms with van der Waals surface area (Å²) in [5, 5.41) is 9.50. The number of hydrogen-bond donors (Lipinski definition) is 1. The first-order chi connectivity index (χ1) is 12.7. The summed E-state index contributed by atoms with van der Waals surface area (Å²) < 4.78 is 0. The maximum Gasteiger partial charge on any atom is 0.307 e. The molecule has 1 atom stereocenters. The first kappa shape index (κ1) is 19.6. The number of carbonyl (C=O) groups excluding carboxylic acids is 2. The van der Waals surface area contributed by atoms with Crippen LogP contribution in [0, 0.1) is 5.92 Å². The van der Waals surface area contributed by atoms with E-state index in [9.17, 15) is 14.4 Å². The molecule has 0 fully saturated rings. The molecule has 142 valence electrons. The van der Waals surface area contributed by atoms with Gasteiger partial charge in [0.25, 0.3) is 11.8 Å². The van der Waals surface area contributed by atoms with Gasteiger partial charge in [0.15, 0.2) is 0 Å². The predicted molar refractivity (Wildman–Crippen MR) is 103 cm³/mol. The van der Waals surface area contributed by atoms with E-state index < -0.39 is 11.9 Å². The molecule has 0 spiro atoms. The van der Waals surface area contributed by atoms with Crippen molar-refractivity contribution in [2.75, 3.05) is 13.1 Å². The van der Waals surface area contributed by atoms with Crippen LogP contribution >= 0.6 is 23.2 Å². The van der Waals surface area contributed by atoms with E-state index in [0.717, 1.165) is 5.57 Å². The molecule has 2 aliphatic rings. The van der Waals surface area contributed by atoms with Gasteiger partial charge in [0, 0.05) is 23.8 Å². The second-order valence-electron chi connectivity index (χ2n) is 6.79. The number of aliphatic carboxylic acids is 1. The number of benzene rings is 1. The van der Waals surface area contributed by atoms with Crippen molar-refractivity contribution in [2.24, 2.45) is 10.9 Å². The van der Waals surface area contributed by atoms with Crippen molar-refractivity contribution in [1.82, 2.24) is 4.90 Å². The summed E-state index contributed by atoms with van der Waals surface area (Å²) in [5.41, 5.74) is 2.66. The number of carboxylic acid groups (broad SMARTS) is 1. The van der Waals surface area contributed by atoms with Crippen LogP contribution in [-0.4, -0.2) is 46.6 Å². The Morgan fingerprint density at radius 1 is 1.33 bits per heavy atom. The molecule has 8 heteroatoms. The van der Waals surface area contributed by atoms with E-state index in [4.69, 9.17) is 28.3 Å². The average molecular weight is 409 g/mol. The fourth-order valence-corrected chi connectivity index (χ4v) is 4.14. The van der Waals surface area contributed by atoms with Crippen molar-refractivity contribution >= 4 is 46.7 Å². The van der Waals surface area contributed by atoms with Crippen molar-refractivity contribution in [2.45, 2.75) is 26.7 Å². The lowest BCUT2D eigenvalue weighted by Crippen LogP contribution is -2.43. The number of dihydropyridines is 1. The molecule has 3 rings (SSSR count). The predicted octanol–water partition coefficient (Wildman–Crippen LogP) is 3.18. The molecule has 0 aromatic heterocycles. The zero-order valence-corrected chi connectivity index (χ0v) is 16.4. The Labute approximate surface area is 166 Å². The molecular formula is C19H18Cl2N2O4. The molecule has 0 saturated heterocycles. The van der Waals surface area contributed by atoms with Gasteiger partial charge in [-0.2, -0.15) is 0 Å². The van der Waals surface area contributed by atoms with Crippen molar-refractivity contribution in [1.29, 1.82) is 0 Å². The molecule has 1 aromatic carbocycles. The first-order valence-electron chi connectivity index (χ1n) is 8.47. The van der Waals surface area contributed by atoms with Gasteiger partial charge in [-0.25, -0.2) is 4.99 Å². The molecule has 1 aromatic rings. The summed E-state index contributed by atoms with van der Waals surface area (Å²) in [6.07, 6.45) is 2.00. The number of halogens is 2. The van der Waals surface area contributed by atoms with Crippen LogP contribution in [0.3, 0.4) is 0 Å². The van der Waals surface area contributed by atoms with Crippen LogP contribution in [0.2, 0.25) is 10.0 Å². The standard InChI is InChI=1S/C19H18Cl2N2O4/c1-9-5-10(2)22-18(26)13(9)8-23-4-3-12-14(20)6-11(7-15(24)25)17(21)16(12)19(23)27/h5-6,13H,3-4,7-8H2,1-2H3,(H,24,25). The van der Waals surface area contributed by atoms with Crippen LogP contribution in [0.1, 0.15) is 35.3 Å². The SMILES string of the molecule is CC1=CC(C)=NC(=O)C1CN1CCc2c(Cl)cc(CC(=O)O)c(Cl)c2C1=O. The number of carboxylic acids is 1. The summed E-state index contributed by atoms with van der Waals surface area (Å²) >= 11 is 12.6. The number of nitrogens with zero attached hydrogens (tertiary/aromatic N) is 2. The Balaban J connectivity index is 1.92. The van der Waals surface area contributed by atoms with E-state index in [-0.39, 0.29) is 35.4 Å². The Kier molecular flexibility index (Phi) is 5.40. The second kappa shape index (κ2) is 7.44. The van der Waals surface area contributed by atoms with Crippen molar-refractivity contribution in [3.8, 4) is 0 Å². The van der Waals surface area contributed by atoms with Gasteiger partial charge in [0.2, 0.25) is 0 Å². The summed E-state index contributed by atoms with van der Waals surface area (Å²) in [6, 6.07) is 1.51. The third-order valence-corrected chi connectivity index (χ3v) is 5.61. The van der Waals surface area contributed by atoms with E-state index in [1.165, 1.54) is 6.07 Å². The highest BCUT2D eigenvalue weighted by Gasteiger charge is 2.34. The van der Waals surface area contributed by atoms with Crippen LogP contribution < -0.4 is 0 Å². The Hall–Kier alpha value is -2.18. The molecular weight excluding hydrogens is 391 g/mol. The molecule has 0 radical (unpaired) electrons. The summed E-state index contributed by atoms with van der Waals surface area (Å²) in [5.74, 6) is -2.16. The van der Waals surface area contributed by atoms with E-state index in [1.807, 2.05) is 13.0 Å². The van der Waals surface area contributed by atoms with Gasteiger partial charge in [-0.05, 0) is 43.5 Å². The zero-order valence-electron chi connectivity index (χ0n) is 14.9. The lowest BCUT2D eigenvalue weighted by molar-refractivity contribution is -0.136. The summed E-state index contributed by atoms with van der Waals surface area (Å²) in [6.45, 7) is 4.21. The number of allylic oxidation sites excluding steroid dienone is 1. The van der Waals surface area contributed by atoms with E-state index >= 15 is 0 Å². The highest BCUT2D eigenvalue weighted by Crippen LogP contribution is 2.35. The molecule has 0 saturated carbocycles. The summed E-state index contributed by atoms with van der Waals surface area (Å²) in [7, 11) is 0. The maximum absolute atomic E-state index is 13.0. The van der Waals surface area contributed by atoms with Crippen molar-refractivity contribution in [3.63, 3.8) is 0 Å². The van der Waals surface area contributed by atoms with Crippen molar-refractivity contribution in [3.05, 3.63) is 44.5 Å². The van der Waals surface area contributed by atoms with Crippen molar-refractivity contribution < 1.29 is 19.5 Å². The van der Waals surface area contributed by atoms with Gasteiger partial charge in [-0.3, -0.25) is 14.4 Å². The van der Waals surface area contributed by atoms with Gasteiger partial charge in [0.05, 0.1) is 22.9 Å². The van der Waals surface area contributed by atoms with Gasteiger partial charge < -0.3 is 10.0 Å². The normalized spacial score (nSPS) is 19.6. The number of hydrogen-bond acceptors (Lipinski definition) is 3. The fourth-order valence-electron chi connectivity index (χ4n) is 3.51. The number of carbonyl (C=O) groups is 3. The van der Waals surface area contributed by atoms with Crippen LogP contribution in [0.4, 0.5) is 0 Å². The molecule has 2 heterocycles. The molecule has 27 heavy (non-hydrogen) atoms. The van der Waals surface area contributed by atoms with Gasteiger partial charge in [-0.1, -0.05) is 28.8 Å². The second-order valence-corrected chi connectivity index (χ2v) is 7.57. The average Bonchev–Trinajstić information content (AvgIpc) is 2.56. The molecule has 0 bridgehead atoms. The fraction of sp³-hybridized carbons (Fsp3) is 0.368. The number of aliphatic imine (C=N–C) groups is 1. The third kappa shape index (κ3) is 3.77. The monoisotopic (exact) mass is 408 g/mol. The van der Waals surface area contributed by atoms with Gasteiger partial charge in [0.1, 0.15) is 0 Å². The van der Waals surface area contributed by atoms with E-state index in [2.05, 4.69) is 4.99 Å². The Morgan fingerprint density at radius 2 is 2.04 bits per heavy atom. The minimum atomic E-state index is -1.06. The van der Waals surface area contributed by atoms with Gasteiger partial charge in [-0.15, -0.1) is 0 Å². The molecule has 6 nitrogen and oxygen atoms in total. The summed E-state index contributed by atoms with van der Waals surface area (Å²) in [4.78, 5) is 41.9. The van der Waals surface area contributed by atoms with Crippen LogP contribution in [0.25, 0.3) is 0 Å². The minimum Gasteiger partial charge on any atom is -0.481 e. The quantitative estimate of drug-likeness (QED) is 0.828. The number of fused-ring (bicyclic) bond motifs is 1. The maximum atomic E-state index is 13.0. The zero-order chi connectivity index (χ0) is 19.9. The topological polar surface area (TPSA) is 87.0 Å².